The zero-order valence-electron chi connectivity index (χ0n) is 12.3. The molecule has 2 atom stereocenters. The third-order valence-corrected chi connectivity index (χ3v) is 5.15. The van der Waals surface area contributed by atoms with Crippen LogP contribution in [0.5, 0.6) is 0 Å². The summed E-state index contributed by atoms with van der Waals surface area (Å²) in [6.07, 6.45) is 7.95. The van der Waals surface area contributed by atoms with Crippen LogP contribution in [0.15, 0.2) is 17.3 Å². The Hall–Kier alpha value is -1.01. The first kappa shape index (κ1) is 15.4. The van der Waals surface area contributed by atoms with Gasteiger partial charge in [0.25, 0.3) is 0 Å². The van der Waals surface area contributed by atoms with Crippen molar-refractivity contribution in [3.05, 3.63) is 12.4 Å². The molecule has 2 rings (SSSR count). The minimum Gasteiger partial charge on any atom is -0.368 e. The second kappa shape index (κ2) is 6.63. The average molecular weight is 296 g/mol. The molecular weight excluding hydrogens is 272 g/mol. The maximum absolute atomic E-state index is 11.9. The van der Waals surface area contributed by atoms with E-state index in [0.29, 0.717) is 5.92 Å². The van der Waals surface area contributed by atoms with Crippen molar-refractivity contribution in [1.82, 2.24) is 15.1 Å². The molecule has 1 saturated carbocycles. The number of rotatable bonds is 7. The standard InChI is InChI=1S/C14H24N4OS/c1-3-16-14(13(15)19)7-4-5-11(14)6-8-20-12-9-17-18(2)10-12/h9-11,16H,3-8H2,1-2H3,(H2,15,19). The second-order valence-corrected chi connectivity index (χ2v) is 6.61. The molecule has 0 bridgehead atoms. The number of thioether (sulfide) groups is 1. The van der Waals surface area contributed by atoms with Crippen LogP contribution in [0.3, 0.4) is 0 Å². The van der Waals surface area contributed by atoms with Crippen LogP contribution in [0.1, 0.15) is 32.6 Å². The molecule has 1 fully saturated rings. The summed E-state index contributed by atoms with van der Waals surface area (Å²) < 4.78 is 1.81. The molecule has 0 aliphatic heterocycles. The number of aromatic nitrogens is 2. The van der Waals surface area contributed by atoms with Crippen molar-refractivity contribution in [3.8, 4) is 0 Å². The summed E-state index contributed by atoms with van der Waals surface area (Å²) >= 11 is 1.80. The highest BCUT2D eigenvalue weighted by Crippen LogP contribution is 2.39. The van der Waals surface area contributed by atoms with Crippen LogP contribution in [0.4, 0.5) is 0 Å². The number of primary amides is 1. The SMILES string of the molecule is CCNC1(C(N)=O)CCCC1CCSc1cnn(C)c1. The van der Waals surface area contributed by atoms with Crippen molar-refractivity contribution in [1.29, 1.82) is 0 Å². The predicted octanol–water partition coefficient (Wildman–Crippen LogP) is 1.54. The van der Waals surface area contributed by atoms with Crippen LogP contribution in [0.25, 0.3) is 0 Å². The van der Waals surface area contributed by atoms with E-state index in [1.165, 1.54) is 4.90 Å². The van der Waals surface area contributed by atoms with E-state index in [1.807, 2.05) is 31.0 Å². The monoisotopic (exact) mass is 296 g/mol. The molecule has 1 amide bonds. The number of amides is 1. The van der Waals surface area contributed by atoms with E-state index in [1.54, 1.807) is 11.8 Å². The lowest BCUT2D eigenvalue weighted by Gasteiger charge is -2.33. The molecule has 1 aromatic heterocycles. The number of carbonyl (C=O) groups is 1. The first-order valence-electron chi connectivity index (χ1n) is 7.25. The van der Waals surface area contributed by atoms with E-state index in [9.17, 15) is 4.79 Å². The Morgan fingerprint density at radius 3 is 3.10 bits per heavy atom. The quantitative estimate of drug-likeness (QED) is 0.749. The molecule has 0 saturated heterocycles. The van der Waals surface area contributed by atoms with Crippen LogP contribution >= 0.6 is 11.8 Å². The molecular formula is C14H24N4OS. The molecule has 3 N–H and O–H groups in total. The fraction of sp³-hybridized carbons (Fsp3) is 0.714. The third-order valence-electron chi connectivity index (χ3n) is 4.17. The Balaban J connectivity index is 1.91. The molecule has 1 aliphatic carbocycles. The number of nitrogens with two attached hydrogens (primary N) is 1. The van der Waals surface area contributed by atoms with Gasteiger partial charge in [0.1, 0.15) is 5.54 Å². The van der Waals surface area contributed by atoms with Gasteiger partial charge >= 0.3 is 0 Å². The van der Waals surface area contributed by atoms with Gasteiger partial charge in [0.05, 0.1) is 6.20 Å². The van der Waals surface area contributed by atoms with Crippen molar-refractivity contribution in [3.63, 3.8) is 0 Å². The summed E-state index contributed by atoms with van der Waals surface area (Å²) in [6.45, 7) is 2.82. The van der Waals surface area contributed by atoms with Gasteiger partial charge < -0.3 is 11.1 Å². The first-order chi connectivity index (χ1) is 9.58. The van der Waals surface area contributed by atoms with Crippen LogP contribution in [0, 0.1) is 5.92 Å². The van der Waals surface area contributed by atoms with Gasteiger partial charge in [0, 0.05) is 18.1 Å². The van der Waals surface area contributed by atoms with Gasteiger partial charge in [-0.1, -0.05) is 13.3 Å². The molecule has 0 radical (unpaired) electrons. The lowest BCUT2D eigenvalue weighted by molar-refractivity contribution is -0.125. The third kappa shape index (κ3) is 3.17. The minimum absolute atomic E-state index is 0.187. The highest BCUT2D eigenvalue weighted by atomic mass is 32.2. The molecule has 112 valence electrons. The van der Waals surface area contributed by atoms with E-state index in [-0.39, 0.29) is 5.91 Å². The van der Waals surface area contributed by atoms with Crippen molar-refractivity contribution < 1.29 is 4.79 Å². The van der Waals surface area contributed by atoms with Gasteiger partial charge in [-0.15, -0.1) is 11.8 Å². The van der Waals surface area contributed by atoms with Crippen LogP contribution in [-0.4, -0.2) is 33.5 Å². The maximum Gasteiger partial charge on any atom is 0.238 e. The molecule has 1 heterocycles. The van der Waals surface area contributed by atoms with Crippen LogP contribution < -0.4 is 11.1 Å². The van der Waals surface area contributed by atoms with E-state index in [0.717, 1.165) is 38.0 Å². The average Bonchev–Trinajstić information content (AvgIpc) is 2.98. The zero-order valence-corrected chi connectivity index (χ0v) is 13.1. The highest BCUT2D eigenvalue weighted by Gasteiger charge is 2.46. The summed E-state index contributed by atoms with van der Waals surface area (Å²) in [5.74, 6) is 1.16. The second-order valence-electron chi connectivity index (χ2n) is 5.44. The first-order valence-corrected chi connectivity index (χ1v) is 8.23. The molecule has 2 unspecified atom stereocenters. The normalized spacial score (nSPS) is 26.0. The van der Waals surface area contributed by atoms with Crippen molar-refractivity contribution >= 4 is 17.7 Å². The van der Waals surface area contributed by atoms with E-state index in [2.05, 4.69) is 10.4 Å². The molecule has 6 heteroatoms. The zero-order chi connectivity index (χ0) is 14.6. The molecule has 20 heavy (non-hydrogen) atoms. The summed E-state index contributed by atoms with van der Waals surface area (Å²) in [6, 6.07) is 0. The Bertz CT molecular complexity index is 462. The van der Waals surface area contributed by atoms with E-state index < -0.39 is 5.54 Å². The largest absolute Gasteiger partial charge is 0.368 e. The maximum atomic E-state index is 11.9. The summed E-state index contributed by atoms with van der Waals surface area (Å²) in [5.41, 5.74) is 5.19. The minimum atomic E-state index is -0.482. The Morgan fingerprint density at radius 2 is 2.50 bits per heavy atom. The van der Waals surface area contributed by atoms with Crippen molar-refractivity contribution in [2.24, 2.45) is 18.7 Å². The highest BCUT2D eigenvalue weighted by molar-refractivity contribution is 7.99. The summed E-state index contributed by atoms with van der Waals surface area (Å²) in [7, 11) is 1.92. The summed E-state index contributed by atoms with van der Waals surface area (Å²) in [5, 5.41) is 7.52. The number of hydrogen-bond donors (Lipinski definition) is 2. The predicted molar refractivity (Wildman–Crippen MR) is 81.5 cm³/mol. The van der Waals surface area contributed by atoms with Gasteiger partial charge in [-0.3, -0.25) is 9.48 Å². The van der Waals surface area contributed by atoms with Gasteiger partial charge in [-0.25, -0.2) is 0 Å². The smallest absolute Gasteiger partial charge is 0.238 e. The van der Waals surface area contributed by atoms with E-state index in [4.69, 9.17) is 5.73 Å². The number of nitrogens with one attached hydrogen (secondary N) is 1. The van der Waals surface area contributed by atoms with Crippen molar-refractivity contribution in [2.45, 2.75) is 43.0 Å². The Kier molecular flexibility index (Phi) is 5.10. The van der Waals surface area contributed by atoms with Gasteiger partial charge in [0.2, 0.25) is 5.91 Å². The van der Waals surface area contributed by atoms with Crippen LogP contribution in [-0.2, 0) is 11.8 Å². The topological polar surface area (TPSA) is 72.9 Å². The van der Waals surface area contributed by atoms with Gasteiger partial charge in [-0.05, 0) is 37.5 Å². The lowest BCUT2D eigenvalue weighted by atomic mass is 9.84. The molecule has 1 aromatic rings. The van der Waals surface area contributed by atoms with Gasteiger partial charge in [-0.2, -0.15) is 5.10 Å². The number of carbonyl (C=O) groups excluding carboxylic acids is 1. The Morgan fingerprint density at radius 1 is 1.70 bits per heavy atom. The Labute approximate surface area is 124 Å². The number of hydrogen-bond acceptors (Lipinski definition) is 4. The number of nitrogens with zero attached hydrogens (tertiary/aromatic N) is 2. The summed E-state index contributed by atoms with van der Waals surface area (Å²) in [4.78, 5) is 13.1. The van der Waals surface area contributed by atoms with Crippen molar-refractivity contribution in [2.75, 3.05) is 12.3 Å². The molecule has 0 aromatic carbocycles. The van der Waals surface area contributed by atoms with Gasteiger partial charge in [0.15, 0.2) is 0 Å². The van der Waals surface area contributed by atoms with Crippen LogP contribution in [0.2, 0.25) is 0 Å². The fourth-order valence-corrected chi connectivity index (χ4v) is 4.21. The fourth-order valence-electron chi connectivity index (χ4n) is 3.22. The molecule has 0 spiro atoms. The number of likely N-dealkylation sites (N-methyl/N-ethyl adjacent to an activating group) is 1. The lowest BCUT2D eigenvalue weighted by Crippen LogP contribution is -2.57. The number of aryl methyl sites for hydroxylation is 1. The molecule has 5 nitrogen and oxygen atoms in total. The van der Waals surface area contributed by atoms with E-state index >= 15 is 0 Å². The molecule has 1 aliphatic rings.